The van der Waals surface area contributed by atoms with Crippen LogP contribution in [0.4, 0.5) is 5.82 Å². The molecule has 6 heteroatoms. The zero-order chi connectivity index (χ0) is 17.5. The normalized spacial score (nSPS) is 10.1. The molecule has 0 aliphatic heterocycles. The Morgan fingerprint density at radius 2 is 1.92 bits per heavy atom. The third-order valence-electron chi connectivity index (χ3n) is 3.39. The number of nitrogens with zero attached hydrogens (tertiary/aromatic N) is 2. The van der Waals surface area contributed by atoms with Crippen molar-refractivity contribution in [2.75, 3.05) is 19.1 Å². The lowest BCUT2D eigenvalue weighted by Gasteiger charge is -2.19. The monoisotopic (exact) mass is 344 g/mol. The summed E-state index contributed by atoms with van der Waals surface area (Å²) in [7, 11) is 3.32. The number of rotatable bonds is 6. The second-order valence-corrected chi connectivity index (χ2v) is 5.51. The molecule has 1 aromatic heterocycles. The predicted molar refractivity (Wildman–Crippen MR) is 98.1 cm³/mol. The molecule has 2 aromatic rings. The van der Waals surface area contributed by atoms with Gasteiger partial charge in [-0.05, 0) is 49.0 Å². The number of methoxy groups -OCH3 is 1. The van der Waals surface area contributed by atoms with Gasteiger partial charge in [-0.1, -0.05) is 13.0 Å². The van der Waals surface area contributed by atoms with Crippen molar-refractivity contribution in [3.63, 3.8) is 0 Å². The number of aromatic nitrogens is 1. The summed E-state index contributed by atoms with van der Waals surface area (Å²) < 4.78 is 10.8. The molecule has 0 aliphatic rings. The van der Waals surface area contributed by atoms with Gasteiger partial charge in [-0.15, -0.1) is 0 Å². The van der Waals surface area contributed by atoms with Crippen LogP contribution >= 0.6 is 12.2 Å². The fraction of sp³-hybridized carbons (Fsp3) is 0.278. The van der Waals surface area contributed by atoms with Crippen LogP contribution in [-0.2, 0) is 0 Å². The van der Waals surface area contributed by atoms with Gasteiger partial charge in [-0.25, -0.2) is 0 Å². The molecule has 0 bridgehead atoms. The molecule has 0 unspecified atom stereocenters. The largest absolute Gasteiger partial charge is 0.481 e. The van der Waals surface area contributed by atoms with E-state index in [4.69, 9.17) is 21.7 Å². The summed E-state index contributed by atoms with van der Waals surface area (Å²) in [4.78, 5) is 17.8. The van der Waals surface area contributed by atoms with Crippen LogP contribution in [0.15, 0.2) is 42.5 Å². The van der Waals surface area contributed by atoms with Crippen LogP contribution in [-0.4, -0.2) is 30.1 Å². The molecule has 0 saturated carbocycles. The van der Waals surface area contributed by atoms with E-state index in [0.29, 0.717) is 29.4 Å². The summed E-state index contributed by atoms with van der Waals surface area (Å²) >= 11 is 5.30. The summed E-state index contributed by atoms with van der Waals surface area (Å²) in [5.74, 6) is 1.82. The minimum absolute atomic E-state index is 0.129. The van der Waals surface area contributed by atoms with Gasteiger partial charge in [0.05, 0.1) is 7.11 Å². The molecular formula is C18H20N2O3S. The van der Waals surface area contributed by atoms with Crippen LogP contribution in [0, 0.1) is 0 Å². The number of ether oxygens (including phenoxy) is 2. The maximum absolute atomic E-state index is 11.8. The van der Waals surface area contributed by atoms with Gasteiger partial charge >= 0.3 is 0 Å². The molecular weight excluding hydrogens is 324 g/mol. The van der Waals surface area contributed by atoms with Gasteiger partial charge < -0.3 is 9.47 Å². The van der Waals surface area contributed by atoms with Crippen LogP contribution in [0.3, 0.4) is 0 Å². The maximum Gasteiger partial charge on any atom is 0.270 e. The minimum Gasteiger partial charge on any atom is -0.481 e. The molecule has 0 atom stereocenters. The van der Waals surface area contributed by atoms with Crippen molar-refractivity contribution in [2.45, 2.75) is 19.8 Å². The fourth-order valence-electron chi connectivity index (χ4n) is 2.05. The van der Waals surface area contributed by atoms with Crippen LogP contribution in [0.5, 0.6) is 11.6 Å². The predicted octanol–water partition coefficient (Wildman–Crippen LogP) is 3.87. The van der Waals surface area contributed by atoms with Crippen molar-refractivity contribution in [3.05, 3.63) is 48.0 Å². The Labute approximate surface area is 147 Å². The summed E-state index contributed by atoms with van der Waals surface area (Å²) in [5, 5.41) is 0.253. The molecule has 24 heavy (non-hydrogen) atoms. The lowest BCUT2D eigenvalue weighted by atomic mass is 10.1. The summed E-state index contributed by atoms with van der Waals surface area (Å²) in [6.45, 7) is 1.98. The second-order valence-electron chi connectivity index (χ2n) is 5.16. The second kappa shape index (κ2) is 8.40. The maximum atomic E-state index is 11.8. The molecule has 0 N–H and O–H groups in total. The SMILES string of the molecule is CCCC(=O)c1ccc(OC(=S)N(C)c2cccc(OC)n2)cc1. The molecule has 5 nitrogen and oxygen atoms in total. The fourth-order valence-corrected chi connectivity index (χ4v) is 2.24. The van der Waals surface area contributed by atoms with E-state index in [1.165, 1.54) is 0 Å². The van der Waals surface area contributed by atoms with Gasteiger partial charge in [0.1, 0.15) is 11.6 Å². The minimum atomic E-state index is 0.129. The molecule has 1 heterocycles. The van der Waals surface area contributed by atoms with E-state index in [1.807, 2.05) is 19.1 Å². The van der Waals surface area contributed by atoms with Gasteiger partial charge in [0.25, 0.3) is 5.17 Å². The topological polar surface area (TPSA) is 51.7 Å². The first-order valence-corrected chi connectivity index (χ1v) is 8.05. The number of benzene rings is 1. The van der Waals surface area contributed by atoms with Gasteiger partial charge in [0, 0.05) is 25.1 Å². The third-order valence-corrected chi connectivity index (χ3v) is 3.75. The number of thiocarbonyl (C=S) groups is 1. The number of carbonyl (C=O) groups excluding carboxylic acids is 1. The average molecular weight is 344 g/mol. The van der Waals surface area contributed by atoms with Crippen LogP contribution in [0.2, 0.25) is 0 Å². The van der Waals surface area contributed by atoms with Crippen molar-refractivity contribution in [1.29, 1.82) is 0 Å². The number of hydrogen-bond acceptors (Lipinski definition) is 5. The highest BCUT2D eigenvalue weighted by molar-refractivity contribution is 7.80. The molecule has 0 aliphatic carbocycles. The number of hydrogen-bond donors (Lipinski definition) is 0. The van der Waals surface area contributed by atoms with Crippen LogP contribution in [0.1, 0.15) is 30.1 Å². The highest BCUT2D eigenvalue weighted by Gasteiger charge is 2.12. The van der Waals surface area contributed by atoms with Gasteiger partial charge in [0.2, 0.25) is 5.88 Å². The Balaban J connectivity index is 2.04. The first-order valence-electron chi connectivity index (χ1n) is 7.65. The van der Waals surface area contributed by atoms with Crippen molar-refractivity contribution >= 4 is 29.0 Å². The van der Waals surface area contributed by atoms with Crippen molar-refractivity contribution in [2.24, 2.45) is 0 Å². The van der Waals surface area contributed by atoms with E-state index in [0.717, 1.165) is 6.42 Å². The van der Waals surface area contributed by atoms with Gasteiger partial charge in [-0.3, -0.25) is 9.69 Å². The van der Waals surface area contributed by atoms with Crippen molar-refractivity contribution in [3.8, 4) is 11.6 Å². The van der Waals surface area contributed by atoms with E-state index in [1.54, 1.807) is 49.4 Å². The Morgan fingerprint density at radius 3 is 2.54 bits per heavy atom. The molecule has 126 valence electrons. The summed E-state index contributed by atoms with van der Waals surface area (Å²) in [6.07, 6.45) is 1.38. The zero-order valence-corrected chi connectivity index (χ0v) is 14.8. The lowest BCUT2D eigenvalue weighted by Crippen LogP contribution is -2.29. The van der Waals surface area contributed by atoms with E-state index in [2.05, 4.69) is 4.98 Å². The van der Waals surface area contributed by atoms with Crippen molar-refractivity contribution in [1.82, 2.24) is 4.98 Å². The van der Waals surface area contributed by atoms with Gasteiger partial charge in [0.15, 0.2) is 5.78 Å². The number of ketones is 1. The average Bonchev–Trinajstić information content (AvgIpc) is 2.61. The Bertz CT molecular complexity index is 716. The van der Waals surface area contributed by atoms with E-state index < -0.39 is 0 Å². The quantitative estimate of drug-likeness (QED) is 0.586. The highest BCUT2D eigenvalue weighted by atomic mass is 32.1. The number of carbonyl (C=O) groups is 1. The molecule has 1 aromatic carbocycles. The molecule has 0 spiro atoms. The Kier molecular flexibility index (Phi) is 6.26. The molecule has 0 saturated heterocycles. The number of anilines is 1. The molecule has 0 fully saturated rings. The Morgan fingerprint density at radius 1 is 1.21 bits per heavy atom. The lowest BCUT2D eigenvalue weighted by molar-refractivity contribution is 0.0981. The number of Topliss-reactive ketones (excluding diaryl/α,β-unsaturated/α-hetero) is 1. The Hall–Kier alpha value is -2.47. The zero-order valence-electron chi connectivity index (χ0n) is 14.0. The smallest absolute Gasteiger partial charge is 0.270 e. The highest BCUT2D eigenvalue weighted by Crippen LogP contribution is 2.18. The molecule has 0 amide bonds. The first kappa shape index (κ1) is 17.9. The van der Waals surface area contributed by atoms with Crippen molar-refractivity contribution < 1.29 is 14.3 Å². The molecule has 2 rings (SSSR count). The van der Waals surface area contributed by atoms with E-state index in [-0.39, 0.29) is 11.0 Å². The van der Waals surface area contributed by atoms with Gasteiger partial charge in [-0.2, -0.15) is 4.98 Å². The third kappa shape index (κ3) is 4.52. The summed E-state index contributed by atoms with van der Waals surface area (Å²) in [5.41, 5.74) is 0.679. The van der Waals surface area contributed by atoms with Crippen LogP contribution < -0.4 is 14.4 Å². The summed E-state index contributed by atoms with van der Waals surface area (Å²) in [6, 6.07) is 12.4. The van der Waals surface area contributed by atoms with E-state index >= 15 is 0 Å². The first-order chi connectivity index (χ1) is 11.5. The van der Waals surface area contributed by atoms with Crippen LogP contribution in [0.25, 0.3) is 0 Å². The van der Waals surface area contributed by atoms with E-state index in [9.17, 15) is 4.79 Å². The molecule has 0 radical (unpaired) electrons. The number of pyridine rings is 1. The standard InChI is InChI=1S/C18H20N2O3S/c1-4-6-15(21)13-9-11-14(12-10-13)23-18(24)20(2)16-7-5-8-17(19-16)22-3/h5,7-12H,4,6H2,1-3H3.